The van der Waals surface area contributed by atoms with Crippen molar-refractivity contribution < 1.29 is 9.59 Å². The van der Waals surface area contributed by atoms with Gasteiger partial charge >= 0.3 is 0 Å². The highest BCUT2D eigenvalue weighted by molar-refractivity contribution is 7.99. The van der Waals surface area contributed by atoms with Crippen LogP contribution in [0.25, 0.3) is 0 Å². The number of amides is 2. The molecule has 2 aromatic rings. The molecule has 144 valence electrons. The first kappa shape index (κ1) is 19.8. The molecular formula is C19H24N4O2S2. The second kappa shape index (κ2) is 9.85. The van der Waals surface area contributed by atoms with E-state index in [9.17, 15) is 9.59 Å². The van der Waals surface area contributed by atoms with Gasteiger partial charge in [-0.2, -0.15) is 0 Å². The monoisotopic (exact) mass is 404 g/mol. The van der Waals surface area contributed by atoms with Crippen LogP contribution in [-0.2, 0) is 10.5 Å². The van der Waals surface area contributed by atoms with Gasteiger partial charge in [0.25, 0.3) is 5.91 Å². The Morgan fingerprint density at radius 1 is 1.15 bits per heavy atom. The van der Waals surface area contributed by atoms with Crippen LogP contribution in [0.3, 0.4) is 0 Å². The average molecular weight is 405 g/mol. The number of aromatic nitrogens is 2. The Kier molecular flexibility index (Phi) is 7.23. The lowest BCUT2D eigenvalue weighted by Crippen LogP contribution is -2.37. The number of benzene rings is 1. The number of hydrogen-bond acceptors (Lipinski definition) is 6. The number of hydrogen-bond donors (Lipinski definition) is 2. The van der Waals surface area contributed by atoms with Gasteiger partial charge in [-0.05, 0) is 31.9 Å². The summed E-state index contributed by atoms with van der Waals surface area (Å²) in [4.78, 5) is 24.3. The first-order valence-electron chi connectivity index (χ1n) is 9.17. The van der Waals surface area contributed by atoms with E-state index in [0.29, 0.717) is 22.6 Å². The highest BCUT2D eigenvalue weighted by Crippen LogP contribution is 2.20. The molecule has 1 heterocycles. The molecule has 27 heavy (non-hydrogen) atoms. The van der Waals surface area contributed by atoms with Gasteiger partial charge in [0.1, 0.15) is 5.01 Å². The second-order valence-corrected chi connectivity index (χ2v) is 8.76. The molecule has 8 heteroatoms. The van der Waals surface area contributed by atoms with Crippen molar-refractivity contribution in [1.82, 2.24) is 15.5 Å². The highest BCUT2D eigenvalue weighted by Gasteiger charge is 2.16. The molecule has 0 aliphatic heterocycles. The standard InChI is InChI=1S/C19H24N4O2S2/c1-13-7-9-15(10-8-13)21-18(25)19-23-22-17(27-19)12-26-11-16(24)20-14-5-3-2-4-6-14/h7-10,14H,2-6,11-12H2,1H3,(H,20,24)(H,21,25). The summed E-state index contributed by atoms with van der Waals surface area (Å²) in [7, 11) is 0. The molecule has 0 saturated heterocycles. The fourth-order valence-corrected chi connectivity index (χ4v) is 4.59. The summed E-state index contributed by atoms with van der Waals surface area (Å²) in [6.07, 6.45) is 5.86. The maximum atomic E-state index is 12.2. The number of thioether (sulfide) groups is 1. The second-order valence-electron chi connectivity index (χ2n) is 6.72. The van der Waals surface area contributed by atoms with Gasteiger partial charge in [0.2, 0.25) is 10.9 Å². The molecule has 2 amide bonds. The Hall–Kier alpha value is -1.93. The van der Waals surface area contributed by atoms with Crippen LogP contribution in [0.5, 0.6) is 0 Å². The van der Waals surface area contributed by atoms with Gasteiger partial charge in [-0.1, -0.05) is 48.3 Å². The van der Waals surface area contributed by atoms with Crippen molar-refractivity contribution in [2.45, 2.75) is 50.8 Å². The molecule has 1 saturated carbocycles. The molecule has 2 N–H and O–H groups in total. The minimum atomic E-state index is -0.261. The molecule has 6 nitrogen and oxygen atoms in total. The average Bonchev–Trinajstić information content (AvgIpc) is 3.13. The first-order chi connectivity index (χ1) is 13.1. The third-order valence-electron chi connectivity index (χ3n) is 4.40. The Labute approximate surface area is 167 Å². The van der Waals surface area contributed by atoms with E-state index in [1.54, 1.807) is 0 Å². The smallest absolute Gasteiger partial charge is 0.286 e. The summed E-state index contributed by atoms with van der Waals surface area (Å²) in [6, 6.07) is 7.93. The molecule has 1 aromatic carbocycles. The summed E-state index contributed by atoms with van der Waals surface area (Å²) in [6.45, 7) is 2.00. The number of rotatable bonds is 7. The van der Waals surface area contributed by atoms with Crippen LogP contribution in [0.2, 0.25) is 0 Å². The Bertz CT molecular complexity index is 770. The van der Waals surface area contributed by atoms with E-state index in [2.05, 4.69) is 20.8 Å². The maximum Gasteiger partial charge on any atom is 0.286 e. The lowest BCUT2D eigenvalue weighted by molar-refractivity contribution is -0.119. The summed E-state index contributed by atoms with van der Waals surface area (Å²) in [5.74, 6) is 0.797. The number of nitrogens with zero attached hydrogens (tertiary/aromatic N) is 2. The van der Waals surface area contributed by atoms with Crippen molar-refractivity contribution in [1.29, 1.82) is 0 Å². The minimum absolute atomic E-state index is 0.0775. The number of carbonyl (C=O) groups excluding carboxylic acids is 2. The molecule has 0 bridgehead atoms. The third kappa shape index (κ3) is 6.32. The SMILES string of the molecule is Cc1ccc(NC(=O)c2nnc(CSCC(=O)NC3CCCCC3)s2)cc1. The van der Waals surface area contributed by atoms with Crippen molar-refractivity contribution in [3.8, 4) is 0 Å². The molecule has 0 radical (unpaired) electrons. The van der Waals surface area contributed by atoms with E-state index in [-0.39, 0.29) is 11.8 Å². The number of carbonyl (C=O) groups is 2. The van der Waals surface area contributed by atoms with E-state index in [1.807, 2.05) is 31.2 Å². The molecule has 0 spiro atoms. The third-order valence-corrected chi connectivity index (χ3v) is 6.45. The zero-order valence-electron chi connectivity index (χ0n) is 15.4. The van der Waals surface area contributed by atoms with Gasteiger partial charge in [-0.3, -0.25) is 9.59 Å². The lowest BCUT2D eigenvalue weighted by atomic mass is 9.95. The molecule has 1 fully saturated rings. The van der Waals surface area contributed by atoms with E-state index >= 15 is 0 Å². The van der Waals surface area contributed by atoms with Crippen molar-refractivity contribution in [2.75, 3.05) is 11.1 Å². The number of nitrogens with one attached hydrogen (secondary N) is 2. The van der Waals surface area contributed by atoms with Crippen molar-refractivity contribution in [3.05, 3.63) is 39.8 Å². The maximum absolute atomic E-state index is 12.2. The van der Waals surface area contributed by atoms with E-state index < -0.39 is 0 Å². The number of aryl methyl sites for hydroxylation is 1. The quantitative estimate of drug-likeness (QED) is 0.734. The molecule has 1 aliphatic rings. The molecular weight excluding hydrogens is 380 g/mol. The van der Waals surface area contributed by atoms with Crippen LogP contribution >= 0.6 is 23.1 Å². The van der Waals surface area contributed by atoms with Crippen LogP contribution in [0.4, 0.5) is 5.69 Å². The molecule has 0 atom stereocenters. The molecule has 0 unspecified atom stereocenters. The fourth-order valence-electron chi connectivity index (χ4n) is 2.97. The van der Waals surface area contributed by atoms with Gasteiger partial charge in [0.05, 0.1) is 5.75 Å². The Morgan fingerprint density at radius 3 is 2.63 bits per heavy atom. The largest absolute Gasteiger partial charge is 0.353 e. The van der Waals surface area contributed by atoms with Gasteiger partial charge in [0.15, 0.2) is 0 Å². The predicted octanol–water partition coefficient (Wildman–Crippen LogP) is 3.78. The van der Waals surface area contributed by atoms with Crippen molar-refractivity contribution in [2.24, 2.45) is 0 Å². The summed E-state index contributed by atoms with van der Waals surface area (Å²) in [5.41, 5.74) is 1.87. The molecule has 1 aliphatic carbocycles. The normalized spacial score (nSPS) is 14.7. The van der Waals surface area contributed by atoms with Crippen LogP contribution in [0, 0.1) is 6.92 Å². The number of anilines is 1. The zero-order chi connectivity index (χ0) is 19.1. The van der Waals surface area contributed by atoms with Crippen LogP contribution in [0.15, 0.2) is 24.3 Å². The van der Waals surface area contributed by atoms with E-state index in [0.717, 1.165) is 29.1 Å². The minimum Gasteiger partial charge on any atom is -0.353 e. The Balaban J connectivity index is 1.41. The summed E-state index contributed by atoms with van der Waals surface area (Å²) in [5, 5.41) is 15.0. The van der Waals surface area contributed by atoms with Crippen molar-refractivity contribution >= 4 is 40.6 Å². The first-order valence-corrected chi connectivity index (χ1v) is 11.1. The van der Waals surface area contributed by atoms with E-state index in [4.69, 9.17) is 0 Å². The molecule has 3 rings (SSSR count). The lowest BCUT2D eigenvalue weighted by Gasteiger charge is -2.22. The fraction of sp³-hybridized carbons (Fsp3) is 0.474. The Morgan fingerprint density at radius 2 is 1.89 bits per heavy atom. The van der Waals surface area contributed by atoms with Gasteiger partial charge in [-0.25, -0.2) is 0 Å². The summed E-state index contributed by atoms with van der Waals surface area (Å²) >= 11 is 2.76. The van der Waals surface area contributed by atoms with E-state index in [1.165, 1.54) is 42.4 Å². The summed E-state index contributed by atoms with van der Waals surface area (Å²) < 4.78 is 0. The highest BCUT2D eigenvalue weighted by atomic mass is 32.2. The molecule has 1 aromatic heterocycles. The zero-order valence-corrected chi connectivity index (χ0v) is 17.0. The predicted molar refractivity (Wildman–Crippen MR) is 110 cm³/mol. The van der Waals surface area contributed by atoms with Crippen molar-refractivity contribution in [3.63, 3.8) is 0 Å². The van der Waals surface area contributed by atoms with Crippen LogP contribution in [-0.4, -0.2) is 33.8 Å². The van der Waals surface area contributed by atoms with Crippen LogP contribution in [0.1, 0.15) is 52.5 Å². The topological polar surface area (TPSA) is 84.0 Å². The van der Waals surface area contributed by atoms with Gasteiger partial charge in [0, 0.05) is 17.5 Å². The van der Waals surface area contributed by atoms with Crippen LogP contribution < -0.4 is 10.6 Å². The van der Waals surface area contributed by atoms with Gasteiger partial charge < -0.3 is 10.6 Å². The van der Waals surface area contributed by atoms with Gasteiger partial charge in [-0.15, -0.1) is 22.0 Å².